The van der Waals surface area contributed by atoms with Gasteiger partial charge in [-0.05, 0) is 24.6 Å². The highest BCUT2D eigenvalue weighted by molar-refractivity contribution is 7.98. The van der Waals surface area contributed by atoms with E-state index in [-0.39, 0.29) is 18.1 Å². The molecule has 1 aromatic carbocycles. The van der Waals surface area contributed by atoms with Crippen LogP contribution in [-0.4, -0.2) is 26.5 Å². The Morgan fingerprint density at radius 1 is 1.52 bits per heavy atom. The first kappa shape index (κ1) is 15.4. The number of aliphatic hydroxyl groups is 1. The summed E-state index contributed by atoms with van der Waals surface area (Å²) in [6.07, 6.45) is 0. The minimum Gasteiger partial charge on any atom is -0.384 e. The molecule has 110 valence electrons. The minimum atomic E-state index is -0.378. The van der Waals surface area contributed by atoms with Gasteiger partial charge in [-0.15, -0.1) is 5.10 Å². The molecule has 0 saturated heterocycles. The van der Waals surface area contributed by atoms with Crippen molar-refractivity contribution in [1.82, 2.24) is 14.8 Å². The second-order valence-electron chi connectivity index (χ2n) is 4.11. The van der Waals surface area contributed by atoms with E-state index in [4.69, 9.17) is 5.11 Å². The molecule has 0 bridgehead atoms. The topological polar surface area (TPSA) is 70.9 Å². The smallest absolute Gasteiger partial charge is 0.343 e. The van der Waals surface area contributed by atoms with Gasteiger partial charge in [0, 0.05) is 17.9 Å². The Hall–Kier alpha value is -2.04. The van der Waals surface area contributed by atoms with E-state index in [1.807, 2.05) is 6.92 Å². The Morgan fingerprint density at radius 2 is 2.33 bits per heavy atom. The van der Waals surface area contributed by atoms with Gasteiger partial charge in [-0.25, -0.2) is 14.3 Å². The van der Waals surface area contributed by atoms with E-state index in [2.05, 4.69) is 22.0 Å². The molecular weight excluding hydrogens is 293 g/mol. The van der Waals surface area contributed by atoms with E-state index >= 15 is 0 Å². The van der Waals surface area contributed by atoms with Gasteiger partial charge in [-0.2, -0.15) is 0 Å². The molecule has 0 aliphatic heterocycles. The van der Waals surface area contributed by atoms with Crippen molar-refractivity contribution in [1.29, 1.82) is 0 Å². The zero-order valence-corrected chi connectivity index (χ0v) is 12.2. The summed E-state index contributed by atoms with van der Waals surface area (Å²) in [5.41, 5.74) is 1.09. The van der Waals surface area contributed by atoms with E-state index in [0.717, 1.165) is 5.56 Å². The molecule has 2 rings (SSSR count). The van der Waals surface area contributed by atoms with E-state index in [1.165, 1.54) is 28.5 Å². The van der Waals surface area contributed by atoms with Gasteiger partial charge in [0.15, 0.2) is 5.16 Å². The average molecular weight is 307 g/mol. The van der Waals surface area contributed by atoms with E-state index in [1.54, 1.807) is 6.07 Å². The van der Waals surface area contributed by atoms with Gasteiger partial charge >= 0.3 is 5.69 Å². The molecule has 0 amide bonds. The number of halogens is 1. The summed E-state index contributed by atoms with van der Waals surface area (Å²) in [5, 5.41) is 15.7. The summed E-state index contributed by atoms with van der Waals surface area (Å²) in [7, 11) is 0. The summed E-state index contributed by atoms with van der Waals surface area (Å²) < 4.78 is 14.8. The van der Waals surface area contributed by atoms with Crippen LogP contribution in [0.1, 0.15) is 18.1 Å². The number of hydrogen-bond donors (Lipinski definition) is 2. The maximum absolute atomic E-state index is 13.3. The van der Waals surface area contributed by atoms with Crippen molar-refractivity contribution >= 4 is 11.8 Å². The number of nitrogens with zero attached hydrogens (tertiary/aromatic N) is 2. The first-order valence-electron chi connectivity index (χ1n) is 6.32. The zero-order valence-electron chi connectivity index (χ0n) is 11.4. The van der Waals surface area contributed by atoms with Crippen LogP contribution in [0.4, 0.5) is 4.39 Å². The van der Waals surface area contributed by atoms with Gasteiger partial charge in [-0.3, -0.25) is 4.57 Å². The van der Waals surface area contributed by atoms with Crippen LogP contribution < -0.4 is 5.69 Å². The van der Waals surface area contributed by atoms with Gasteiger partial charge in [0.25, 0.3) is 0 Å². The van der Waals surface area contributed by atoms with E-state index in [9.17, 15) is 9.18 Å². The fourth-order valence-electron chi connectivity index (χ4n) is 1.76. The molecule has 2 aromatic rings. The van der Waals surface area contributed by atoms with Crippen molar-refractivity contribution in [3.05, 3.63) is 45.6 Å². The van der Waals surface area contributed by atoms with Crippen molar-refractivity contribution < 1.29 is 9.50 Å². The quantitative estimate of drug-likeness (QED) is 0.661. The van der Waals surface area contributed by atoms with Crippen LogP contribution in [0, 0.1) is 17.7 Å². The Labute approximate surface area is 125 Å². The largest absolute Gasteiger partial charge is 0.384 e. The van der Waals surface area contributed by atoms with E-state index in [0.29, 0.717) is 23.0 Å². The lowest BCUT2D eigenvalue weighted by atomic mass is 10.1. The van der Waals surface area contributed by atoms with Gasteiger partial charge in [0.2, 0.25) is 0 Å². The lowest BCUT2D eigenvalue weighted by Gasteiger charge is -2.05. The van der Waals surface area contributed by atoms with E-state index < -0.39 is 0 Å². The zero-order chi connectivity index (χ0) is 15.2. The first-order valence-corrected chi connectivity index (χ1v) is 7.30. The van der Waals surface area contributed by atoms with Crippen LogP contribution in [0.3, 0.4) is 0 Å². The maximum Gasteiger partial charge on any atom is 0.343 e. The van der Waals surface area contributed by atoms with Crippen molar-refractivity contribution in [2.24, 2.45) is 0 Å². The molecule has 0 spiro atoms. The number of thioether (sulfide) groups is 1. The minimum absolute atomic E-state index is 0.251. The Bertz CT molecular complexity index is 743. The number of H-pyrrole nitrogens is 1. The maximum atomic E-state index is 13.3. The number of aromatic amines is 1. The Kier molecular flexibility index (Phi) is 5.20. The highest BCUT2D eigenvalue weighted by Gasteiger charge is 2.09. The SMILES string of the molecule is CCn1c(SCc2ccc(F)cc2C#CCO)n[nH]c1=O. The number of hydrogen-bond acceptors (Lipinski definition) is 4. The van der Waals surface area contributed by atoms with Crippen molar-refractivity contribution in [3.63, 3.8) is 0 Å². The fourth-order valence-corrected chi connectivity index (χ4v) is 2.77. The van der Waals surface area contributed by atoms with Gasteiger partial charge < -0.3 is 5.11 Å². The predicted molar refractivity (Wildman–Crippen MR) is 78.4 cm³/mol. The second-order valence-corrected chi connectivity index (χ2v) is 5.05. The number of nitrogens with one attached hydrogen (secondary N) is 1. The van der Waals surface area contributed by atoms with Gasteiger partial charge in [0.05, 0.1) is 0 Å². The predicted octanol–water partition coefficient (Wildman–Crippen LogP) is 1.37. The molecule has 5 nitrogen and oxygen atoms in total. The molecule has 0 radical (unpaired) electrons. The standard InChI is InChI=1S/C14H14FN3O2S/c1-2-18-13(20)16-17-14(18)21-9-11-5-6-12(15)8-10(11)4-3-7-19/h5-6,8,19H,2,7,9H2,1H3,(H,16,20). The van der Waals surface area contributed by atoms with Crippen LogP contribution in [0.15, 0.2) is 28.2 Å². The van der Waals surface area contributed by atoms with Crippen LogP contribution >= 0.6 is 11.8 Å². The highest BCUT2D eigenvalue weighted by atomic mass is 32.2. The highest BCUT2D eigenvalue weighted by Crippen LogP contribution is 2.22. The second kappa shape index (κ2) is 7.11. The summed E-state index contributed by atoms with van der Waals surface area (Å²) in [4.78, 5) is 11.5. The van der Waals surface area contributed by atoms with Crippen LogP contribution in [0.2, 0.25) is 0 Å². The Morgan fingerprint density at radius 3 is 3.05 bits per heavy atom. The number of rotatable bonds is 4. The average Bonchev–Trinajstić information content (AvgIpc) is 2.84. The summed E-state index contributed by atoms with van der Waals surface area (Å²) in [5.74, 6) is 5.35. The molecule has 2 N–H and O–H groups in total. The monoisotopic (exact) mass is 307 g/mol. The van der Waals surface area contributed by atoms with Gasteiger partial charge in [-0.1, -0.05) is 29.7 Å². The lowest BCUT2D eigenvalue weighted by molar-refractivity contribution is 0.350. The molecule has 0 fully saturated rings. The molecule has 7 heteroatoms. The van der Waals surface area contributed by atoms with Crippen molar-refractivity contribution in [2.45, 2.75) is 24.4 Å². The third-order valence-electron chi connectivity index (χ3n) is 2.77. The van der Waals surface area contributed by atoms with Gasteiger partial charge in [0.1, 0.15) is 12.4 Å². The fraction of sp³-hybridized carbons (Fsp3) is 0.286. The van der Waals surface area contributed by atoms with Crippen LogP contribution in [0.25, 0.3) is 0 Å². The Balaban J connectivity index is 2.21. The molecule has 0 saturated carbocycles. The molecule has 0 atom stereocenters. The molecule has 0 aliphatic carbocycles. The van der Waals surface area contributed by atoms with Crippen LogP contribution in [-0.2, 0) is 12.3 Å². The molecule has 0 unspecified atom stereocenters. The normalized spacial score (nSPS) is 10.2. The third kappa shape index (κ3) is 3.74. The van der Waals surface area contributed by atoms with Crippen LogP contribution in [0.5, 0.6) is 0 Å². The number of aromatic nitrogens is 3. The van der Waals surface area contributed by atoms with Crippen molar-refractivity contribution in [2.75, 3.05) is 6.61 Å². The number of benzene rings is 1. The van der Waals surface area contributed by atoms with Crippen molar-refractivity contribution in [3.8, 4) is 11.8 Å². The molecule has 21 heavy (non-hydrogen) atoms. The summed E-state index contributed by atoms with van der Waals surface area (Å²) in [6.45, 7) is 2.10. The summed E-state index contributed by atoms with van der Waals surface area (Å²) in [6, 6.07) is 4.33. The third-order valence-corrected chi connectivity index (χ3v) is 3.80. The molecule has 1 aromatic heterocycles. The summed E-state index contributed by atoms with van der Waals surface area (Å²) >= 11 is 1.37. The lowest BCUT2D eigenvalue weighted by Crippen LogP contribution is -2.16. The molecule has 1 heterocycles. The number of aliphatic hydroxyl groups excluding tert-OH is 1. The first-order chi connectivity index (χ1) is 10.2. The molecular formula is C14H14FN3O2S. The molecule has 0 aliphatic rings.